The predicted molar refractivity (Wildman–Crippen MR) is 64.2 cm³/mol. The molecule has 2 aromatic heterocycles. The fourth-order valence-corrected chi connectivity index (χ4v) is 1.61. The van der Waals surface area contributed by atoms with Crippen LogP contribution in [0.3, 0.4) is 0 Å². The number of hydrogen-bond donors (Lipinski definition) is 2. The van der Waals surface area contributed by atoms with Crippen molar-refractivity contribution in [3.05, 3.63) is 34.9 Å². The molecule has 0 saturated carbocycles. The molecule has 18 heavy (non-hydrogen) atoms. The molecular formula is C10H11ClN6O. The minimum atomic E-state index is -0.290. The molecule has 8 heteroatoms. The fourth-order valence-electron chi connectivity index (χ4n) is 1.38. The third kappa shape index (κ3) is 3.24. The van der Waals surface area contributed by atoms with E-state index in [1.54, 1.807) is 13.0 Å². The molecule has 0 atom stereocenters. The second-order valence-corrected chi connectivity index (χ2v) is 3.94. The maximum atomic E-state index is 11.8. The van der Waals surface area contributed by atoms with Crippen LogP contribution in [0.5, 0.6) is 0 Å². The number of hydrogen-bond acceptors (Lipinski definition) is 5. The summed E-state index contributed by atoms with van der Waals surface area (Å²) in [6.45, 7) is 2.19. The highest BCUT2D eigenvalue weighted by Gasteiger charge is 2.09. The molecule has 7 nitrogen and oxygen atoms in total. The number of carbonyl (C=O) groups is 1. The third-order valence-corrected chi connectivity index (χ3v) is 2.34. The summed E-state index contributed by atoms with van der Waals surface area (Å²) in [5, 5.41) is 9.21. The Labute approximate surface area is 108 Å². The Hall–Kier alpha value is -2.02. The summed E-state index contributed by atoms with van der Waals surface area (Å²) in [5.41, 5.74) is 0.903. The molecule has 2 N–H and O–H groups in total. The van der Waals surface area contributed by atoms with Gasteiger partial charge in [-0.1, -0.05) is 0 Å². The normalized spacial score (nSPS) is 10.3. The van der Waals surface area contributed by atoms with Crippen molar-refractivity contribution in [2.45, 2.75) is 13.3 Å². The van der Waals surface area contributed by atoms with E-state index in [0.717, 1.165) is 0 Å². The van der Waals surface area contributed by atoms with Crippen molar-refractivity contribution in [1.82, 2.24) is 30.5 Å². The van der Waals surface area contributed by atoms with Gasteiger partial charge in [0.05, 0.1) is 0 Å². The Balaban J connectivity index is 1.91. The minimum Gasteiger partial charge on any atom is -0.350 e. The lowest BCUT2D eigenvalue weighted by Crippen LogP contribution is -2.27. The van der Waals surface area contributed by atoms with Gasteiger partial charge in [-0.25, -0.2) is 15.0 Å². The van der Waals surface area contributed by atoms with Gasteiger partial charge in [0.2, 0.25) is 5.28 Å². The molecule has 0 saturated heterocycles. The molecule has 0 unspecified atom stereocenters. The van der Waals surface area contributed by atoms with E-state index in [2.05, 4.69) is 30.5 Å². The Morgan fingerprint density at radius 2 is 2.33 bits per heavy atom. The van der Waals surface area contributed by atoms with E-state index in [0.29, 0.717) is 24.5 Å². The quantitative estimate of drug-likeness (QED) is 0.787. The van der Waals surface area contributed by atoms with Gasteiger partial charge >= 0.3 is 0 Å². The van der Waals surface area contributed by atoms with Crippen molar-refractivity contribution in [2.24, 2.45) is 0 Å². The highest BCUT2D eigenvalue weighted by Crippen LogP contribution is 2.05. The van der Waals surface area contributed by atoms with Crippen molar-refractivity contribution >= 4 is 17.5 Å². The van der Waals surface area contributed by atoms with Crippen LogP contribution in [-0.2, 0) is 6.42 Å². The fraction of sp³-hybridized carbons (Fsp3) is 0.300. The highest BCUT2D eigenvalue weighted by molar-refractivity contribution is 6.28. The number of rotatable bonds is 4. The SMILES string of the molecule is Cc1cc(C(=O)NCCc2ncn[nH]2)nc(Cl)n1. The maximum absolute atomic E-state index is 11.8. The first kappa shape index (κ1) is 12.4. The number of aromatic nitrogens is 5. The molecule has 0 fully saturated rings. The molecule has 2 rings (SSSR count). The second-order valence-electron chi connectivity index (χ2n) is 3.60. The van der Waals surface area contributed by atoms with Crippen LogP contribution in [0, 0.1) is 6.92 Å². The number of nitrogens with one attached hydrogen (secondary N) is 2. The topological polar surface area (TPSA) is 96.5 Å². The Kier molecular flexibility index (Phi) is 3.83. The smallest absolute Gasteiger partial charge is 0.270 e. The Morgan fingerprint density at radius 1 is 1.50 bits per heavy atom. The summed E-state index contributed by atoms with van der Waals surface area (Å²) in [4.78, 5) is 23.5. The predicted octanol–water partition coefficient (Wildman–Crippen LogP) is 0.529. The zero-order valence-corrected chi connectivity index (χ0v) is 10.4. The van der Waals surface area contributed by atoms with E-state index in [-0.39, 0.29) is 16.9 Å². The molecule has 0 radical (unpaired) electrons. The lowest BCUT2D eigenvalue weighted by atomic mass is 10.3. The molecule has 2 aromatic rings. The average Bonchev–Trinajstić information content (AvgIpc) is 2.80. The number of halogens is 1. The van der Waals surface area contributed by atoms with E-state index in [1.807, 2.05) is 0 Å². The van der Waals surface area contributed by atoms with Gasteiger partial charge < -0.3 is 5.32 Å². The van der Waals surface area contributed by atoms with E-state index >= 15 is 0 Å². The van der Waals surface area contributed by atoms with E-state index in [9.17, 15) is 4.79 Å². The molecule has 0 spiro atoms. The highest BCUT2D eigenvalue weighted by atomic mass is 35.5. The summed E-state index contributed by atoms with van der Waals surface area (Å²) in [7, 11) is 0. The number of nitrogens with zero attached hydrogens (tertiary/aromatic N) is 4. The van der Waals surface area contributed by atoms with Crippen LogP contribution in [0.1, 0.15) is 22.0 Å². The van der Waals surface area contributed by atoms with Crippen molar-refractivity contribution in [3.8, 4) is 0 Å². The van der Waals surface area contributed by atoms with Gasteiger partial charge in [0.1, 0.15) is 17.8 Å². The summed E-state index contributed by atoms with van der Waals surface area (Å²) in [6, 6.07) is 1.58. The molecule has 0 aliphatic rings. The lowest BCUT2D eigenvalue weighted by Gasteiger charge is -2.04. The van der Waals surface area contributed by atoms with Crippen LogP contribution in [-0.4, -0.2) is 37.6 Å². The number of aryl methyl sites for hydroxylation is 1. The average molecular weight is 267 g/mol. The molecule has 94 valence electrons. The molecule has 0 aliphatic heterocycles. The van der Waals surface area contributed by atoms with Crippen molar-refractivity contribution < 1.29 is 4.79 Å². The van der Waals surface area contributed by atoms with Crippen LogP contribution >= 0.6 is 11.6 Å². The summed E-state index contributed by atoms with van der Waals surface area (Å²) < 4.78 is 0. The molecule has 2 heterocycles. The van der Waals surface area contributed by atoms with Gasteiger partial charge in [0, 0.05) is 18.7 Å². The van der Waals surface area contributed by atoms with E-state index in [1.165, 1.54) is 6.33 Å². The van der Waals surface area contributed by atoms with E-state index in [4.69, 9.17) is 11.6 Å². The standard InChI is InChI=1S/C10H11ClN6O/c1-6-4-7(16-10(11)15-6)9(18)12-3-2-8-13-5-14-17-8/h4-5H,2-3H2,1H3,(H,12,18)(H,13,14,17). The minimum absolute atomic E-state index is 0.0652. The second kappa shape index (κ2) is 5.54. The largest absolute Gasteiger partial charge is 0.350 e. The van der Waals surface area contributed by atoms with Crippen LogP contribution in [0.2, 0.25) is 5.28 Å². The monoisotopic (exact) mass is 266 g/mol. The first-order valence-corrected chi connectivity index (χ1v) is 5.66. The van der Waals surface area contributed by atoms with Gasteiger partial charge in [-0.05, 0) is 24.6 Å². The van der Waals surface area contributed by atoms with Gasteiger partial charge in [-0.2, -0.15) is 5.10 Å². The molecule has 1 amide bonds. The van der Waals surface area contributed by atoms with Crippen LogP contribution in [0.25, 0.3) is 0 Å². The number of H-pyrrole nitrogens is 1. The summed E-state index contributed by atoms with van der Waals surface area (Å²) >= 11 is 5.68. The van der Waals surface area contributed by atoms with Crippen LogP contribution in [0.4, 0.5) is 0 Å². The van der Waals surface area contributed by atoms with Crippen molar-refractivity contribution in [2.75, 3.05) is 6.54 Å². The van der Waals surface area contributed by atoms with Crippen LogP contribution < -0.4 is 5.32 Å². The number of amides is 1. The van der Waals surface area contributed by atoms with Crippen molar-refractivity contribution in [1.29, 1.82) is 0 Å². The maximum Gasteiger partial charge on any atom is 0.270 e. The molecule has 0 aliphatic carbocycles. The lowest BCUT2D eigenvalue weighted by molar-refractivity contribution is 0.0948. The van der Waals surface area contributed by atoms with Gasteiger partial charge in [0.15, 0.2) is 0 Å². The van der Waals surface area contributed by atoms with Gasteiger partial charge in [-0.3, -0.25) is 9.89 Å². The zero-order chi connectivity index (χ0) is 13.0. The van der Waals surface area contributed by atoms with Crippen LogP contribution in [0.15, 0.2) is 12.4 Å². The first-order valence-electron chi connectivity index (χ1n) is 5.29. The summed E-state index contributed by atoms with van der Waals surface area (Å²) in [6.07, 6.45) is 1.99. The molecule has 0 bridgehead atoms. The van der Waals surface area contributed by atoms with Gasteiger partial charge in [0.25, 0.3) is 5.91 Å². The first-order chi connectivity index (χ1) is 8.65. The Morgan fingerprint density at radius 3 is 3.00 bits per heavy atom. The zero-order valence-electron chi connectivity index (χ0n) is 9.64. The molecule has 0 aromatic carbocycles. The van der Waals surface area contributed by atoms with Crippen molar-refractivity contribution in [3.63, 3.8) is 0 Å². The van der Waals surface area contributed by atoms with E-state index < -0.39 is 0 Å². The molecular weight excluding hydrogens is 256 g/mol. The Bertz CT molecular complexity index is 521. The van der Waals surface area contributed by atoms with Gasteiger partial charge in [-0.15, -0.1) is 0 Å². The third-order valence-electron chi connectivity index (χ3n) is 2.17. The number of aromatic amines is 1. The number of carbonyl (C=O) groups excluding carboxylic acids is 1. The summed E-state index contributed by atoms with van der Waals surface area (Å²) in [5.74, 6) is 0.425.